The minimum Gasteiger partial charge on any atom is -0.383 e. The highest BCUT2D eigenvalue weighted by Gasteiger charge is 2.40. The van der Waals surface area contributed by atoms with Crippen LogP contribution in [-0.4, -0.2) is 23.0 Å². The van der Waals surface area contributed by atoms with Crippen molar-refractivity contribution in [1.29, 1.82) is 0 Å². The molecule has 0 saturated heterocycles. The highest BCUT2D eigenvalue weighted by atomic mass is 35.5. The van der Waals surface area contributed by atoms with Crippen LogP contribution >= 0.6 is 12.4 Å². The summed E-state index contributed by atoms with van der Waals surface area (Å²) in [5, 5.41) is 11.0. The minimum absolute atomic E-state index is 0. The van der Waals surface area contributed by atoms with Crippen LogP contribution in [0.25, 0.3) is 0 Å². The van der Waals surface area contributed by atoms with Crippen LogP contribution in [0.4, 0.5) is 0 Å². The molecule has 0 saturated carbocycles. The Labute approximate surface area is 142 Å². The first-order valence-corrected chi connectivity index (χ1v) is 7.39. The zero-order valence-electron chi connectivity index (χ0n) is 13.1. The number of Topliss-reactive ketones (excluding diaryl/α,β-unsaturated/α-hetero) is 1. The fraction of sp³-hybridized carbons (Fsp3) is 0.278. The molecule has 3 unspecified atom stereocenters. The molecule has 2 aromatic carbocycles. The molecule has 23 heavy (non-hydrogen) atoms. The Hall–Kier alpha value is -1.72. The lowest BCUT2D eigenvalue weighted by atomic mass is 9.79. The number of hydrogen-bond acceptors (Lipinski definition) is 4. The standard InChI is InChI=1S/C18H22N2O2.ClH/c1-2-18(22,14-11-7-4-8-12-14)17(20)15(19)16(21)13-9-5-3-6-10-13;/h3-12,15,17,22H,2,19-20H2,1H3;1H. The van der Waals surface area contributed by atoms with Crippen molar-refractivity contribution < 1.29 is 9.90 Å². The maximum atomic E-state index is 12.5. The molecule has 2 rings (SSSR count). The van der Waals surface area contributed by atoms with Gasteiger partial charge in [-0.05, 0) is 12.0 Å². The first kappa shape index (κ1) is 19.3. The largest absolute Gasteiger partial charge is 0.383 e. The lowest BCUT2D eigenvalue weighted by Crippen LogP contribution is -2.58. The molecule has 0 radical (unpaired) electrons. The molecule has 2 aromatic rings. The van der Waals surface area contributed by atoms with E-state index in [2.05, 4.69) is 0 Å². The summed E-state index contributed by atoms with van der Waals surface area (Å²) >= 11 is 0. The molecule has 0 spiro atoms. The smallest absolute Gasteiger partial charge is 0.181 e. The van der Waals surface area contributed by atoms with E-state index in [0.717, 1.165) is 0 Å². The molecular formula is C18H23ClN2O2. The topological polar surface area (TPSA) is 89.3 Å². The van der Waals surface area contributed by atoms with Crippen LogP contribution in [0.1, 0.15) is 29.3 Å². The molecule has 4 nitrogen and oxygen atoms in total. The van der Waals surface area contributed by atoms with Crippen LogP contribution in [0, 0.1) is 0 Å². The summed E-state index contributed by atoms with van der Waals surface area (Å²) < 4.78 is 0. The fourth-order valence-corrected chi connectivity index (χ4v) is 2.61. The van der Waals surface area contributed by atoms with Gasteiger partial charge in [0.2, 0.25) is 0 Å². The van der Waals surface area contributed by atoms with Gasteiger partial charge in [-0.1, -0.05) is 67.6 Å². The van der Waals surface area contributed by atoms with Gasteiger partial charge in [0, 0.05) is 5.56 Å². The van der Waals surface area contributed by atoms with Crippen LogP contribution in [0.3, 0.4) is 0 Å². The highest BCUT2D eigenvalue weighted by Crippen LogP contribution is 2.29. The van der Waals surface area contributed by atoms with Crippen molar-refractivity contribution in [2.45, 2.75) is 31.0 Å². The molecule has 0 aliphatic carbocycles. The van der Waals surface area contributed by atoms with E-state index in [1.54, 1.807) is 36.4 Å². The SMILES string of the molecule is CCC(O)(c1ccccc1)C(N)C(N)C(=O)c1ccccc1.Cl. The summed E-state index contributed by atoms with van der Waals surface area (Å²) in [5.41, 5.74) is 12.1. The Morgan fingerprint density at radius 2 is 1.52 bits per heavy atom. The second-order valence-electron chi connectivity index (χ2n) is 5.43. The van der Waals surface area contributed by atoms with Crippen LogP contribution in [0.5, 0.6) is 0 Å². The second-order valence-corrected chi connectivity index (χ2v) is 5.43. The number of rotatable bonds is 6. The van der Waals surface area contributed by atoms with Gasteiger partial charge in [-0.3, -0.25) is 4.79 Å². The molecule has 0 aliphatic heterocycles. The van der Waals surface area contributed by atoms with Gasteiger partial charge in [0.1, 0.15) is 5.60 Å². The molecule has 0 heterocycles. The van der Waals surface area contributed by atoms with Gasteiger partial charge in [-0.2, -0.15) is 0 Å². The maximum Gasteiger partial charge on any atom is 0.181 e. The van der Waals surface area contributed by atoms with Gasteiger partial charge < -0.3 is 16.6 Å². The number of carbonyl (C=O) groups is 1. The quantitative estimate of drug-likeness (QED) is 0.707. The highest BCUT2D eigenvalue weighted by molar-refractivity contribution is 6.00. The zero-order chi connectivity index (χ0) is 16.2. The number of hydrogen-bond donors (Lipinski definition) is 3. The number of ketones is 1. The van der Waals surface area contributed by atoms with Gasteiger partial charge in [-0.15, -0.1) is 12.4 Å². The molecule has 124 valence electrons. The van der Waals surface area contributed by atoms with Crippen molar-refractivity contribution in [1.82, 2.24) is 0 Å². The lowest BCUT2D eigenvalue weighted by Gasteiger charge is -2.36. The van der Waals surface area contributed by atoms with E-state index in [4.69, 9.17) is 11.5 Å². The predicted octanol–water partition coefficient (Wildman–Crippen LogP) is 2.24. The molecular weight excluding hydrogens is 312 g/mol. The van der Waals surface area contributed by atoms with Gasteiger partial charge in [0.15, 0.2) is 5.78 Å². The number of halogens is 1. The van der Waals surface area contributed by atoms with Crippen LogP contribution in [0.15, 0.2) is 60.7 Å². The van der Waals surface area contributed by atoms with E-state index in [0.29, 0.717) is 17.5 Å². The lowest BCUT2D eigenvalue weighted by molar-refractivity contribution is -0.00116. The van der Waals surface area contributed by atoms with E-state index in [-0.39, 0.29) is 18.2 Å². The third kappa shape index (κ3) is 3.98. The molecule has 3 atom stereocenters. The zero-order valence-corrected chi connectivity index (χ0v) is 13.9. The Morgan fingerprint density at radius 1 is 1.04 bits per heavy atom. The van der Waals surface area contributed by atoms with Crippen molar-refractivity contribution in [3.63, 3.8) is 0 Å². The Kier molecular flexibility index (Phi) is 6.91. The van der Waals surface area contributed by atoms with Crippen LogP contribution < -0.4 is 11.5 Å². The fourth-order valence-electron chi connectivity index (χ4n) is 2.61. The molecule has 0 bridgehead atoms. The van der Waals surface area contributed by atoms with Crippen LogP contribution in [-0.2, 0) is 5.60 Å². The first-order valence-electron chi connectivity index (χ1n) is 7.39. The van der Waals surface area contributed by atoms with E-state index >= 15 is 0 Å². The average Bonchev–Trinajstić information content (AvgIpc) is 2.60. The average molecular weight is 335 g/mol. The summed E-state index contributed by atoms with van der Waals surface area (Å²) in [6, 6.07) is 16.0. The third-order valence-corrected chi connectivity index (χ3v) is 4.11. The van der Waals surface area contributed by atoms with Gasteiger partial charge in [0.25, 0.3) is 0 Å². The Balaban J connectivity index is 0.00000264. The van der Waals surface area contributed by atoms with Crippen LogP contribution in [0.2, 0.25) is 0 Å². The summed E-state index contributed by atoms with van der Waals surface area (Å²) in [6.07, 6.45) is 0.369. The summed E-state index contributed by atoms with van der Waals surface area (Å²) in [5.74, 6) is -0.268. The number of nitrogens with two attached hydrogens (primary N) is 2. The number of aliphatic hydroxyl groups is 1. The summed E-state index contributed by atoms with van der Waals surface area (Å²) in [4.78, 5) is 12.5. The normalized spacial score (nSPS) is 15.8. The summed E-state index contributed by atoms with van der Waals surface area (Å²) in [7, 11) is 0. The van der Waals surface area contributed by atoms with E-state index in [1.165, 1.54) is 0 Å². The van der Waals surface area contributed by atoms with Crippen molar-refractivity contribution in [2.24, 2.45) is 11.5 Å². The Bertz CT molecular complexity index is 621. The molecule has 5 heteroatoms. The second kappa shape index (κ2) is 8.22. The molecule has 0 fully saturated rings. The van der Waals surface area contributed by atoms with E-state index < -0.39 is 17.7 Å². The van der Waals surface area contributed by atoms with Gasteiger partial charge >= 0.3 is 0 Å². The monoisotopic (exact) mass is 334 g/mol. The van der Waals surface area contributed by atoms with Crippen molar-refractivity contribution in [3.05, 3.63) is 71.8 Å². The minimum atomic E-state index is -1.34. The maximum absolute atomic E-state index is 12.5. The first-order chi connectivity index (χ1) is 10.5. The number of carbonyl (C=O) groups excluding carboxylic acids is 1. The van der Waals surface area contributed by atoms with E-state index in [9.17, 15) is 9.90 Å². The predicted molar refractivity (Wildman–Crippen MR) is 94.6 cm³/mol. The van der Waals surface area contributed by atoms with Crippen molar-refractivity contribution in [2.75, 3.05) is 0 Å². The summed E-state index contributed by atoms with van der Waals surface area (Å²) in [6.45, 7) is 1.83. The molecule has 0 amide bonds. The van der Waals surface area contributed by atoms with Gasteiger partial charge in [0.05, 0.1) is 12.1 Å². The van der Waals surface area contributed by atoms with E-state index in [1.807, 2.05) is 31.2 Å². The van der Waals surface area contributed by atoms with Crippen molar-refractivity contribution >= 4 is 18.2 Å². The van der Waals surface area contributed by atoms with Gasteiger partial charge in [-0.25, -0.2) is 0 Å². The molecule has 0 aromatic heterocycles. The third-order valence-electron chi connectivity index (χ3n) is 4.11. The number of benzene rings is 2. The molecule has 5 N–H and O–H groups in total. The van der Waals surface area contributed by atoms with Crippen molar-refractivity contribution in [3.8, 4) is 0 Å². The Morgan fingerprint density at radius 3 is 2.00 bits per heavy atom. The molecule has 0 aliphatic rings.